The zero-order chi connectivity index (χ0) is 5.41. The van der Waals surface area contributed by atoms with E-state index in [1.165, 1.54) is 0 Å². The second-order valence-electron chi connectivity index (χ2n) is 0.491. The van der Waals surface area contributed by atoms with Gasteiger partial charge in [0.25, 0.3) is 0 Å². The molecule has 0 heterocycles. The van der Waals surface area contributed by atoms with Gasteiger partial charge in [0, 0.05) is 0 Å². The standard InChI is InChI=1S/C2H7N.BF2/c1-2-3;2-1-3/h2-3H2,1H3;. The van der Waals surface area contributed by atoms with Crippen molar-refractivity contribution in [3.05, 3.63) is 0 Å². The summed E-state index contributed by atoms with van der Waals surface area (Å²) in [6.45, 7) is 2.65. The molecule has 6 heavy (non-hydrogen) atoms. The number of rotatable bonds is 0. The van der Waals surface area contributed by atoms with E-state index in [1.54, 1.807) is 0 Å². The number of hydrogen-bond donors (Lipinski definition) is 1. The van der Waals surface area contributed by atoms with Crippen LogP contribution in [0.3, 0.4) is 0 Å². The Morgan fingerprint density at radius 3 is 1.67 bits per heavy atom. The Bertz CT molecular complexity index is 13.5. The van der Waals surface area contributed by atoms with Crippen molar-refractivity contribution in [3.8, 4) is 0 Å². The Balaban J connectivity index is 0. The average molecular weight is 93.9 g/mol. The molecule has 0 rings (SSSR count). The van der Waals surface area contributed by atoms with Crippen LogP contribution in [-0.2, 0) is 0 Å². The van der Waals surface area contributed by atoms with Crippen LogP contribution in [0.4, 0.5) is 8.63 Å². The van der Waals surface area contributed by atoms with E-state index in [4.69, 9.17) is 5.73 Å². The molecule has 0 aliphatic carbocycles. The molecule has 0 unspecified atom stereocenters. The Kier molecular flexibility index (Phi) is 32.2. The topological polar surface area (TPSA) is 26.0 Å². The van der Waals surface area contributed by atoms with Crippen LogP contribution in [0.1, 0.15) is 6.92 Å². The van der Waals surface area contributed by atoms with Crippen molar-refractivity contribution in [2.45, 2.75) is 6.92 Å². The van der Waals surface area contributed by atoms with Gasteiger partial charge >= 0.3 is 7.83 Å². The summed E-state index contributed by atoms with van der Waals surface area (Å²) in [7, 11) is -1.00. The van der Waals surface area contributed by atoms with Gasteiger partial charge in [-0.2, -0.15) is 0 Å². The molecule has 1 nitrogen and oxygen atoms in total. The molecular formula is C2H7BF2N. The summed E-state index contributed by atoms with van der Waals surface area (Å²) in [5.41, 5.74) is 4.85. The van der Waals surface area contributed by atoms with Gasteiger partial charge in [0.2, 0.25) is 0 Å². The third-order valence-corrected chi connectivity index (χ3v) is 0. The van der Waals surface area contributed by atoms with E-state index in [0.29, 0.717) is 0 Å². The minimum Gasteiger partial charge on any atom is -0.331 e. The first-order chi connectivity index (χ1) is 2.83. The SMILES string of the molecule is CCN.F[B]F. The first-order valence-electron chi connectivity index (χ1n) is 1.55. The predicted molar refractivity (Wildman–Crippen MR) is 22.7 cm³/mol. The van der Waals surface area contributed by atoms with Gasteiger partial charge in [-0.25, -0.2) is 0 Å². The van der Waals surface area contributed by atoms with Crippen molar-refractivity contribution in [1.29, 1.82) is 0 Å². The molecule has 0 aromatic heterocycles. The minimum atomic E-state index is -1.00. The molecule has 4 heteroatoms. The van der Waals surface area contributed by atoms with Crippen LogP contribution in [0.5, 0.6) is 0 Å². The molecular weight excluding hydrogens is 86.8 g/mol. The average Bonchev–Trinajstić information content (AvgIpc) is 1.39. The van der Waals surface area contributed by atoms with Crippen LogP contribution in [0, 0.1) is 0 Å². The highest BCUT2D eigenvalue weighted by Gasteiger charge is 1.62. The molecule has 0 saturated heterocycles. The first-order valence-corrected chi connectivity index (χ1v) is 1.55. The third kappa shape index (κ3) is 2440. The normalized spacial score (nSPS) is 5.33. The van der Waals surface area contributed by atoms with Gasteiger partial charge in [-0.15, -0.1) is 0 Å². The van der Waals surface area contributed by atoms with Crippen molar-refractivity contribution in [1.82, 2.24) is 0 Å². The van der Waals surface area contributed by atoms with Crippen LogP contribution < -0.4 is 5.73 Å². The maximum atomic E-state index is 9.50. The molecule has 0 spiro atoms. The lowest BCUT2D eigenvalue weighted by molar-refractivity contribution is 0.712. The predicted octanol–water partition coefficient (Wildman–Crippen LogP) is 0.425. The largest absolute Gasteiger partial charge is 0.577 e. The molecule has 0 aromatic rings. The van der Waals surface area contributed by atoms with E-state index in [1.807, 2.05) is 6.92 Å². The summed E-state index contributed by atoms with van der Waals surface area (Å²) in [5.74, 6) is 0. The van der Waals surface area contributed by atoms with Gasteiger partial charge < -0.3 is 5.73 Å². The second-order valence-corrected chi connectivity index (χ2v) is 0.491. The van der Waals surface area contributed by atoms with E-state index in [2.05, 4.69) is 0 Å². The fraction of sp³-hybridized carbons (Fsp3) is 1.00. The smallest absolute Gasteiger partial charge is 0.331 e. The summed E-state index contributed by atoms with van der Waals surface area (Å²) in [6.07, 6.45) is 0. The van der Waals surface area contributed by atoms with Gasteiger partial charge in [-0.3, -0.25) is 8.63 Å². The highest BCUT2D eigenvalue weighted by atomic mass is 19.2. The molecule has 0 aliphatic rings. The van der Waals surface area contributed by atoms with E-state index < -0.39 is 7.83 Å². The van der Waals surface area contributed by atoms with Crippen molar-refractivity contribution >= 4 is 7.83 Å². The summed E-state index contributed by atoms with van der Waals surface area (Å²) < 4.78 is 19.0. The summed E-state index contributed by atoms with van der Waals surface area (Å²) in [5, 5.41) is 0. The molecule has 2 N–H and O–H groups in total. The molecule has 0 saturated carbocycles. The fourth-order valence-corrected chi connectivity index (χ4v) is 0. The lowest BCUT2D eigenvalue weighted by Gasteiger charge is -1.53. The van der Waals surface area contributed by atoms with Gasteiger partial charge in [0.1, 0.15) is 0 Å². The van der Waals surface area contributed by atoms with Crippen molar-refractivity contribution in [2.75, 3.05) is 6.54 Å². The number of nitrogens with two attached hydrogens (primary N) is 1. The number of hydrogen-bond acceptors (Lipinski definition) is 1. The molecule has 37 valence electrons. The fourth-order valence-electron chi connectivity index (χ4n) is 0. The molecule has 1 radical (unpaired) electrons. The van der Waals surface area contributed by atoms with Crippen molar-refractivity contribution < 1.29 is 8.63 Å². The number of halogens is 2. The van der Waals surface area contributed by atoms with Crippen LogP contribution >= 0.6 is 0 Å². The van der Waals surface area contributed by atoms with E-state index in [-0.39, 0.29) is 0 Å². The van der Waals surface area contributed by atoms with Gasteiger partial charge in [0.05, 0.1) is 0 Å². The van der Waals surface area contributed by atoms with Crippen LogP contribution in [-0.4, -0.2) is 14.4 Å². The van der Waals surface area contributed by atoms with Crippen LogP contribution in [0.25, 0.3) is 0 Å². The Hall–Kier alpha value is -0.115. The zero-order valence-corrected chi connectivity index (χ0v) is 3.62. The second kappa shape index (κ2) is 20.8. The first kappa shape index (κ1) is 9.30. The molecule has 0 aromatic carbocycles. The van der Waals surface area contributed by atoms with Gasteiger partial charge in [-0.1, -0.05) is 6.92 Å². The zero-order valence-electron chi connectivity index (χ0n) is 3.62. The van der Waals surface area contributed by atoms with Gasteiger partial charge in [-0.05, 0) is 6.54 Å². The maximum Gasteiger partial charge on any atom is 0.577 e. The molecule has 0 fully saturated rings. The minimum absolute atomic E-state index is 0.750. The van der Waals surface area contributed by atoms with Crippen LogP contribution in [0.2, 0.25) is 0 Å². The summed E-state index contributed by atoms with van der Waals surface area (Å²) in [6, 6.07) is 0. The van der Waals surface area contributed by atoms with Gasteiger partial charge in [0.15, 0.2) is 0 Å². The lowest BCUT2D eigenvalue weighted by Crippen LogP contribution is -1.87. The van der Waals surface area contributed by atoms with E-state index >= 15 is 0 Å². The quantitative estimate of drug-likeness (QED) is 0.432. The Labute approximate surface area is 36.9 Å². The maximum absolute atomic E-state index is 9.50. The van der Waals surface area contributed by atoms with Crippen molar-refractivity contribution in [2.24, 2.45) is 5.73 Å². The lowest BCUT2D eigenvalue weighted by atomic mass is 10.6. The third-order valence-electron chi connectivity index (χ3n) is 0. The Morgan fingerprint density at radius 2 is 1.67 bits per heavy atom. The molecule has 0 bridgehead atoms. The molecule has 0 aliphatic heterocycles. The monoisotopic (exact) mass is 94.1 g/mol. The summed E-state index contributed by atoms with van der Waals surface area (Å²) >= 11 is 0. The van der Waals surface area contributed by atoms with Crippen molar-refractivity contribution in [3.63, 3.8) is 0 Å². The highest BCUT2D eigenvalue weighted by Crippen LogP contribution is 1.49. The summed E-state index contributed by atoms with van der Waals surface area (Å²) in [4.78, 5) is 0. The highest BCUT2D eigenvalue weighted by molar-refractivity contribution is 6.15. The molecule has 0 atom stereocenters. The Morgan fingerprint density at radius 1 is 1.67 bits per heavy atom. The van der Waals surface area contributed by atoms with Crippen LogP contribution in [0.15, 0.2) is 0 Å². The molecule has 0 amide bonds. The van der Waals surface area contributed by atoms with E-state index in [9.17, 15) is 8.63 Å². The van der Waals surface area contributed by atoms with E-state index in [0.717, 1.165) is 6.54 Å².